The summed E-state index contributed by atoms with van der Waals surface area (Å²) in [6.45, 7) is 3.78. The number of nitrogens with zero attached hydrogens (tertiary/aromatic N) is 1. The summed E-state index contributed by atoms with van der Waals surface area (Å²) in [5, 5.41) is 3.17. The molecule has 3 unspecified atom stereocenters. The molecule has 4 heteroatoms. The minimum absolute atomic E-state index is 0.0117. The molecule has 3 atom stereocenters. The quantitative estimate of drug-likeness (QED) is 0.796. The number of carbonyl (C=O) groups excluding carboxylic acids is 1. The maximum Gasteiger partial charge on any atom is 0.240 e. The van der Waals surface area contributed by atoms with Crippen LogP contribution in [-0.2, 0) is 4.79 Å². The van der Waals surface area contributed by atoms with Gasteiger partial charge in [0.25, 0.3) is 0 Å². The molecule has 0 aliphatic carbocycles. The first-order chi connectivity index (χ1) is 8.44. The molecule has 0 saturated carbocycles. The van der Waals surface area contributed by atoms with Crippen molar-refractivity contribution in [3.63, 3.8) is 0 Å². The lowest BCUT2D eigenvalue weighted by Crippen LogP contribution is -2.59. The van der Waals surface area contributed by atoms with E-state index in [4.69, 9.17) is 5.73 Å². The van der Waals surface area contributed by atoms with Gasteiger partial charge in [0.2, 0.25) is 5.91 Å². The predicted molar refractivity (Wildman–Crippen MR) is 73.2 cm³/mol. The van der Waals surface area contributed by atoms with Crippen LogP contribution in [0.25, 0.3) is 0 Å². The molecule has 0 aromatic heterocycles. The van der Waals surface area contributed by atoms with E-state index < -0.39 is 5.54 Å². The Bertz CT molecular complexity index is 302. The van der Waals surface area contributed by atoms with E-state index in [0.29, 0.717) is 24.5 Å². The van der Waals surface area contributed by atoms with Crippen LogP contribution >= 0.6 is 0 Å². The van der Waals surface area contributed by atoms with Gasteiger partial charge in [-0.25, -0.2) is 0 Å². The number of hydrogen-bond donors (Lipinski definition) is 2. The highest BCUT2D eigenvalue weighted by Crippen LogP contribution is 2.32. The second kappa shape index (κ2) is 5.17. The number of nitrogens with two attached hydrogens (primary N) is 1. The second-order valence-corrected chi connectivity index (χ2v) is 6.32. The molecule has 2 heterocycles. The Morgan fingerprint density at radius 3 is 2.44 bits per heavy atom. The molecule has 2 rings (SSSR count). The Hall–Kier alpha value is -0.610. The monoisotopic (exact) mass is 253 g/mol. The summed E-state index contributed by atoms with van der Waals surface area (Å²) < 4.78 is 0. The zero-order valence-electron chi connectivity index (χ0n) is 11.9. The van der Waals surface area contributed by atoms with Crippen LogP contribution in [-0.4, -0.2) is 41.5 Å². The van der Waals surface area contributed by atoms with Crippen molar-refractivity contribution in [1.29, 1.82) is 0 Å². The molecule has 0 radical (unpaired) electrons. The lowest BCUT2D eigenvalue weighted by Gasteiger charge is -2.47. The van der Waals surface area contributed by atoms with Crippen molar-refractivity contribution < 1.29 is 4.79 Å². The highest BCUT2D eigenvalue weighted by Gasteiger charge is 2.37. The fourth-order valence-corrected chi connectivity index (χ4v) is 3.24. The first kappa shape index (κ1) is 13.8. The molecule has 0 aromatic rings. The molecule has 3 N–H and O–H groups in total. The van der Waals surface area contributed by atoms with E-state index in [1.807, 2.05) is 13.8 Å². The van der Waals surface area contributed by atoms with Crippen LogP contribution < -0.4 is 11.1 Å². The highest BCUT2D eigenvalue weighted by molar-refractivity contribution is 5.85. The Labute approximate surface area is 110 Å². The normalized spacial score (nSPS) is 35.9. The van der Waals surface area contributed by atoms with E-state index in [9.17, 15) is 4.79 Å². The molecule has 2 fully saturated rings. The molecule has 2 bridgehead atoms. The Morgan fingerprint density at radius 2 is 1.94 bits per heavy atom. The number of piperidine rings is 2. The fourth-order valence-electron chi connectivity index (χ4n) is 3.24. The van der Waals surface area contributed by atoms with E-state index >= 15 is 0 Å². The predicted octanol–water partition coefficient (Wildman–Crippen LogP) is 1.25. The summed E-state index contributed by atoms with van der Waals surface area (Å²) in [4.78, 5) is 14.6. The van der Waals surface area contributed by atoms with Crippen LogP contribution in [0.2, 0.25) is 0 Å². The van der Waals surface area contributed by atoms with E-state index in [1.54, 1.807) is 0 Å². The number of rotatable bonds is 3. The summed E-state index contributed by atoms with van der Waals surface area (Å²) >= 11 is 0. The van der Waals surface area contributed by atoms with Gasteiger partial charge in [0.1, 0.15) is 0 Å². The molecular weight excluding hydrogens is 226 g/mol. The van der Waals surface area contributed by atoms with E-state index in [2.05, 4.69) is 17.3 Å². The molecule has 1 amide bonds. The van der Waals surface area contributed by atoms with Gasteiger partial charge in [0, 0.05) is 18.1 Å². The Morgan fingerprint density at radius 1 is 1.39 bits per heavy atom. The van der Waals surface area contributed by atoms with Crippen molar-refractivity contribution in [2.75, 3.05) is 7.05 Å². The van der Waals surface area contributed by atoms with Crippen LogP contribution in [0.5, 0.6) is 0 Å². The van der Waals surface area contributed by atoms with Gasteiger partial charge in [0.05, 0.1) is 5.54 Å². The minimum Gasteiger partial charge on any atom is -0.352 e. The smallest absolute Gasteiger partial charge is 0.240 e. The summed E-state index contributed by atoms with van der Waals surface area (Å²) in [6.07, 6.45) is 6.72. The van der Waals surface area contributed by atoms with Crippen molar-refractivity contribution >= 4 is 5.91 Å². The van der Waals surface area contributed by atoms with Crippen molar-refractivity contribution in [1.82, 2.24) is 10.2 Å². The second-order valence-electron chi connectivity index (χ2n) is 6.32. The van der Waals surface area contributed by atoms with E-state index in [-0.39, 0.29) is 5.91 Å². The first-order valence-electron chi connectivity index (χ1n) is 7.26. The summed E-state index contributed by atoms with van der Waals surface area (Å²) in [5.74, 6) is 0.0117. The Kier molecular flexibility index (Phi) is 3.97. The standard InChI is InChI=1S/C14H27N3O/c1-4-14(2,15)13(18)16-10-8-11-6-5-7-12(9-10)17(11)3/h10-12H,4-9,15H2,1-3H3,(H,16,18). The van der Waals surface area contributed by atoms with Crippen LogP contribution in [0.15, 0.2) is 0 Å². The van der Waals surface area contributed by atoms with Gasteiger partial charge in [-0.3, -0.25) is 4.79 Å². The SMILES string of the molecule is CCC(C)(N)C(=O)NC1CC2CCCC(C1)N2C. The third kappa shape index (κ3) is 2.69. The van der Waals surface area contributed by atoms with Gasteiger partial charge in [-0.15, -0.1) is 0 Å². The van der Waals surface area contributed by atoms with Crippen molar-refractivity contribution in [3.05, 3.63) is 0 Å². The fraction of sp³-hybridized carbons (Fsp3) is 0.929. The molecule has 2 saturated heterocycles. The zero-order valence-corrected chi connectivity index (χ0v) is 11.9. The van der Waals surface area contributed by atoms with Crippen LogP contribution in [0.1, 0.15) is 52.4 Å². The number of fused-ring (bicyclic) bond motifs is 2. The van der Waals surface area contributed by atoms with Crippen molar-refractivity contribution in [3.8, 4) is 0 Å². The molecular formula is C14H27N3O. The lowest BCUT2D eigenvalue weighted by atomic mass is 9.82. The maximum atomic E-state index is 12.1. The average Bonchev–Trinajstić information content (AvgIpc) is 2.30. The van der Waals surface area contributed by atoms with Crippen LogP contribution in [0.4, 0.5) is 0 Å². The van der Waals surface area contributed by atoms with Gasteiger partial charge < -0.3 is 16.0 Å². The zero-order chi connectivity index (χ0) is 13.3. The van der Waals surface area contributed by atoms with Crippen LogP contribution in [0, 0.1) is 0 Å². The van der Waals surface area contributed by atoms with Crippen LogP contribution in [0.3, 0.4) is 0 Å². The lowest BCUT2D eigenvalue weighted by molar-refractivity contribution is -0.127. The van der Waals surface area contributed by atoms with Gasteiger partial charge in [-0.2, -0.15) is 0 Å². The Balaban J connectivity index is 1.94. The number of carbonyl (C=O) groups is 1. The van der Waals surface area contributed by atoms with Crippen molar-refractivity contribution in [2.45, 2.75) is 76.0 Å². The summed E-state index contributed by atoms with van der Waals surface area (Å²) in [5.41, 5.74) is 5.27. The van der Waals surface area contributed by atoms with Crippen molar-refractivity contribution in [2.24, 2.45) is 5.73 Å². The topological polar surface area (TPSA) is 58.4 Å². The summed E-state index contributed by atoms with van der Waals surface area (Å²) in [7, 11) is 2.23. The van der Waals surface area contributed by atoms with E-state index in [1.165, 1.54) is 19.3 Å². The first-order valence-corrected chi connectivity index (χ1v) is 7.26. The maximum absolute atomic E-state index is 12.1. The largest absolute Gasteiger partial charge is 0.352 e. The number of hydrogen-bond acceptors (Lipinski definition) is 3. The molecule has 0 spiro atoms. The molecule has 0 aromatic carbocycles. The van der Waals surface area contributed by atoms with E-state index in [0.717, 1.165) is 12.8 Å². The number of amides is 1. The third-order valence-corrected chi connectivity index (χ3v) is 4.93. The highest BCUT2D eigenvalue weighted by atomic mass is 16.2. The van der Waals surface area contributed by atoms with Gasteiger partial charge in [-0.05, 0) is 46.1 Å². The molecule has 104 valence electrons. The molecule has 2 aliphatic rings. The van der Waals surface area contributed by atoms with Gasteiger partial charge in [-0.1, -0.05) is 13.3 Å². The third-order valence-electron chi connectivity index (χ3n) is 4.93. The summed E-state index contributed by atoms with van der Waals surface area (Å²) in [6, 6.07) is 1.61. The molecule has 2 aliphatic heterocycles. The van der Waals surface area contributed by atoms with Gasteiger partial charge in [0.15, 0.2) is 0 Å². The molecule has 18 heavy (non-hydrogen) atoms. The minimum atomic E-state index is -0.724. The van der Waals surface area contributed by atoms with Gasteiger partial charge >= 0.3 is 0 Å². The molecule has 4 nitrogen and oxygen atoms in total. The average molecular weight is 253 g/mol. The number of nitrogens with one attached hydrogen (secondary N) is 1.